The third-order valence-corrected chi connectivity index (χ3v) is 5.27. The molecule has 0 fully saturated rings. The number of rotatable bonds is 12. The maximum atomic E-state index is 12.1. The van der Waals surface area contributed by atoms with Gasteiger partial charge in [0.1, 0.15) is 24.7 Å². The smallest absolute Gasteiger partial charge is 0.277 e. The number of carbonyl (C=O) groups is 1. The van der Waals surface area contributed by atoms with Crippen LogP contribution in [0.4, 0.5) is 0 Å². The first-order valence-corrected chi connectivity index (χ1v) is 11.8. The van der Waals surface area contributed by atoms with E-state index < -0.39 is 0 Å². The zero-order chi connectivity index (χ0) is 25.7. The number of hydrogen-bond acceptors (Lipinski definition) is 6. The first kappa shape index (κ1) is 25.3. The molecule has 0 atom stereocenters. The highest BCUT2D eigenvalue weighted by Crippen LogP contribution is 2.28. The second kappa shape index (κ2) is 13.3. The maximum Gasteiger partial charge on any atom is 0.277 e. The van der Waals surface area contributed by atoms with Gasteiger partial charge in [-0.15, -0.1) is 0 Å². The lowest BCUT2D eigenvalue weighted by atomic mass is 10.2. The van der Waals surface area contributed by atoms with E-state index in [0.29, 0.717) is 30.5 Å². The predicted octanol–water partition coefficient (Wildman–Crippen LogP) is 5.38. The van der Waals surface area contributed by atoms with Gasteiger partial charge in [-0.3, -0.25) is 4.79 Å². The van der Waals surface area contributed by atoms with Crippen molar-refractivity contribution in [3.63, 3.8) is 0 Å². The molecule has 1 amide bonds. The molecule has 0 aliphatic heterocycles. The number of ether oxygens (including phenoxy) is 4. The zero-order valence-corrected chi connectivity index (χ0v) is 20.5. The molecule has 0 spiro atoms. The molecule has 7 nitrogen and oxygen atoms in total. The van der Waals surface area contributed by atoms with Gasteiger partial charge in [0.25, 0.3) is 5.91 Å². The van der Waals surface area contributed by atoms with Crippen molar-refractivity contribution in [2.24, 2.45) is 5.10 Å². The minimum Gasteiger partial charge on any atom is -0.493 e. The predicted molar refractivity (Wildman–Crippen MR) is 142 cm³/mol. The molecule has 4 aromatic rings. The molecule has 0 radical (unpaired) electrons. The Morgan fingerprint density at radius 2 is 1.32 bits per heavy atom. The molecule has 0 aliphatic carbocycles. The highest BCUT2D eigenvalue weighted by Gasteiger charge is 2.06. The maximum absolute atomic E-state index is 12.1. The van der Waals surface area contributed by atoms with E-state index >= 15 is 0 Å². The molecule has 1 N–H and O–H groups in total. The first-order valence-electron chi connectivity index (χ1n) is 11.8. The van der Waals surface area contributed by atoms with Crippen molar-refractivity contribution in [1.29, 1.82) is 0 Å². The molecule has 0 unspecified atom stereocenters. The first-order chi connectivity index (χ1) is 18.2. The third kappa shape index (κ3) is 8.14. The van der Waals surface area contributed by atoms with E-state index in [9.17, 15) is 4.79 Å². The van der Waals surface area contributed by atoms with Crippen molar-refractivity contribution in [3.8, 4) is 23.0 Å². The quantitative estimate of drug-likeness (QED) is 0.210. The van der Waals surface area contributed by atoms with E-state index in [4.69, 9.17) is 18.9 Å². The summed E-state index contributed by atoms with van der Waals surface area (Å²) in [5, 5.41) is 4.00. The number of nitrogens with one attached hydrogen (secondary N) is 1. The van der Waals surface area contributed by atoms with Gasteiger partial charge in [0, 0.05) is 0 Å². The summed E-state index contributed by atoms with van der Waals surface area (Å²) >= 11 is 0. The molecular weight excluding hydrogens is 468 g/mol. The summed E-state index contributed by atoms with van der Waals surface area (Å²) in [6.07, 6.45) is 1.53. The zero-order valence-electron chi connectivity index (χ0n) is 20.5. The van der Waals surface area contributed by atoms with Crippen LogP contribution >= 0.6 is 0 Å². The second-order valence-electron chi connectivity index (χ2n) is 8.01. The Bertz CT molecular complexity index is 1290. The van der Waals surface area contributed by atoms with E-state index in [1.54, 1.807) is 43.5 Å². The van der Waals surface area contributed by atoms with E-state index in [0.717, 1.165) is 22.4 Å². The van der Waals surface area contributed by atoms with Crippen LogP contribution in [0.15, 0.2) is 108 Å². The Balaban J connectivity index is 1.21. The van der Waals surface area contributed by atoms with Gasteiger partial charge >= 0.3 is 0 Å². The van der Waals surface area contributed by atoms with Gasteiger partial charge in [-0.25, -0.2) is 5.43 Å². The van der Waals surface area contributed by atoms with E-state index in [1.807, 2.05) is 66.7 Å². The molecule has 4 rings (SSSR count). The molecule has 0 bridgehead atoms. The standard InChI is InChI=1S/C30H28N2O5/c1-34-29-18-25(12-17-28(29)37-21-24-10-6-3-7-11-24)19-31-32-30(33)22-36-27-15-13-26(14-16-27)35-20-23-8-4-2-5-9-23/h2-19H,20-22H2,1H3,(H,32,33). The van der Waals surface area contributed by atoms with E-state index in [1.165, 1.54) is 6.21 Å². The monoisotopic (exact) mass is 496 g/mol. The molecule has 0 aromatic heterocycles. The number of nitrogens with zero attached hydrogens (tertiary/aromatic N) is 1. The van der Waals surface area contributed by atoms with Crippen LogP contribution in [-0.2, 0) is 18.0 Å². The van der Waals surface area contributed by atoms with Crippen LogP contribution in [0, 0.1) is 0 Å². The topological polar surface area (TPSA) is 78.4 Å². The summed E-state index contributed by atoms with van der Waals surface area (Å²) in [7, 11) is 1.58. The fourth-order valence-corrected chi connectivity index (χ4v) is 3.35. The summed E-state index contributed by atoms with van der Waals surface area (Å²) in [6.45, 7) is 0.748. The lowest BCUT2D eigenvalue weighted by molar-refractivity contribution is -0.123. The van der Waals surface area contributed by atoms with Gasteiger partial charge < -0.3 is 18.9 Å². The summed E-state index contributed by atoms with van der Waals surface area (Å²) in [5.74, 6) is 2.10. The lowest BCUT2D eigenvalue weighted by Crippen LogP contribution is -2.24. The van der Waals surface area contributed by atoms with Crippen LogP contribution in [0.25, 0.3) is 0 Å². The minimum atomic E-state index is -0.379. The van der Waals surface area contributed by atoms with Crippen LogP contribution in [0.2, 0.25) is 0 Å². The Hall–Kier alpha value is -4.78. The number of hydrazone groups is 1. The molecule has 0 saturated carbocycles. The normalized spacial score (nSPS) is 10.6. The lowest BCUT2D eigenvalue weighted by Gasteiger charge is -2.11. The van der Waals surface area contributed by atoms with Gasteiger partial charge in [-0.2, -0.15) is 5.10 Å². The fraction of sp³-hybridized carbons (Fsp3) is 0.133. The number of benzene rings is 4. The Morgan fingerprint density at radius 1 is 0.730 bits per heavy atom. The van der Waals surface area contributed by atoms with Crippen LogP contribution in [0.5, 0.6) is 23.0 Å². The van der Waals surface area contributed by atoms with Crippen molar-refractivity contribution in [2.75, 3.05) is 13.7 Å². The molecule has 0 heterocycles. The van der Waals surface area contributed by atoms with Gasteiger partial charge in [0.15, 0.2) is 18.1 Å². The molecular formula is C30H28N2O5. The highest BCUT2D eigenvalue weighted by molar-refractivity contribution is 5.83. The van der Waals surface area contributed by atoms with Crippen molar-refractivity contribution in [1.82, 2.24) is 5.43 Å². The minimum absolute atomic E-state index is 0.169. The summed E-state index contributed by atoms with van der Waals surface area (Å²) in [5.41, 5.74) is 5.36. The Kier molecular flexibility index (Phi) is 9.13. The highest BCUT2D eigenvalue weighted by atomic mass is 16.5. The van der Waals surface area contributed by atoms with Crippen molar-refractivity contribution < 1.29 is 23.7 Å². The summed E-state index contributed by atoms with van der Waals surface area (Å²) in [6, 6.07) is 32.3. The van der Waals surface area contributed by atoms with Crippen LogP contribution < -0.4 is 24.4 Å². The van der Waals surface area contributed by atoms with E-state index in [-0.39, 0.29) is 12.5 Å². The van der Waals surface area contributed by atoms with Crippen molar-refractivity contribution in [2.45, 2.75) is 13.2 Å². The molecule has 0 saturated heterocycles. The largest absolute Gasteiger partial charge is 0.493 e. The second-order valence-corrected chi connectivity index (χ2v) is 8.01. The Morgan fingerprint density at radius 3 is 1.95 bits per heavy atom. The number of amides is 1. The van der Waals surface area contributed by atoms with E-state index in [2.05, 4.69) is 10.5 Å². The van der Waals surface area contributed by atoms with Crippen molar-refractivity contribution in [3.05, 3.63) is 120 Å². The molecule has 188 valence electrons. The van der Waals surface area contributed by atoms with Gasteiger partial charge in [-0.05, 0) is 59.2 Å². The van der Waals surface area contributed by atoms with Gasteiger partial charge in [0.2, 0.25) is 0 Å². The average molecular weight is 497 g/mol. The SMILES string of the molecule is COc1cc(C=NNC(=O)COc2ccc(OCc3ccccc3)cc2)ccc1OCc1ccccc1. The molecule has 37 heavy (non-hydrogen) atoms. The summed E-state index contributed by atoms with van der Waals surface area (Å²) < 4.78 is 22.6. The number of hydrogen-bond donors (Lipinski definition) is 1. The van der Waals surface area contributed by atoms with Crippen molar-refractivity contribution >= 4 is 12.1 Å². The molecule has 7 heteroatoms. The van der Waals surface area contributed by atoms with Gasteiger partial charge in [0.05, 0.1) is 13.3 Å². The fourth-order valence-electron chi connectivity index (χ4n) is 3.35. The molecule has 0 aliphatic rings. The number of carbonyl (C=O) groups excluding carboxylic acids is 1. The molecule has 4 aromatic carbocycles. The third-order valence-electron chi connectivity index (χ3n) is 5.27. The summed E-state index contributed by atoms with van der Waals surface area (Å²) in [4.78, 5) is 12.1. The van der Waals surface area contributed by atoms with Crippen LogP contribution in [0.1, 0.15) is 16.7 Å². The van der Waals surface area contributed by atoms with Gasteiger partial charge in [-0.1, -0.05) is 60.7 Å². The van der Waals surface area contributed by atoms with Crippen LogP contribution in [0.3, 0.4) is 0 Å². The average Bonchev–Trinajstić information content (AvgIpc) is 2.96. The Labute approximate surface area is 216 Å². The van der Waals surface area contributed by atoms with Crippen LogP contribution in [-0.4, -0.2) is 25.8 Å². The number of methoxy groups -OCH3 is 1.